The van der Waals surface area contributed by atoms with Gasteiger partial charge < -0.3 is 0 Å². The Bertz CT molecular complexity index is 1240. The van der Waals surface area contributed by atoms with Crippen LogP contribution >= 0.6 is 22.9 Å². The maximum Gasteiger partial charge on any atom is 0.263 e. The zero-order valence-corrected chi connectivity index (χ0v) is 17.8. The van der Waals surface area contributed by atoms with Gasteiger partial charge >= 0.3 is 0 Å². The van der Waals surface area contributed by atoms with E-state index in [1.54, 1.807) is 10.6 Å². The summed E-state index contributed by atoms with van der Waals surface area (Å²) in [5.74, 6) is 0.424. The number of halogens is 2. The molecule has 148 valence electrons. The van der Waals surface area contributed by atoms with E-state index in [0.717, 1.165) is 38.6 Å². The number of nitrogens with zero attached hydrogens (tertiary/aromatic N) is 2. The fourth-order valence-corrected chi connectivity index (χ4v) is 4.78. The van der Waals surface area contributed by atoms with Crippen LogP contribution in [0.5, 0.6) is 0 Å². The lowest BCUT2D eigenvalue weighted by Gasteiger charge is -2.13. The number of benzene rings is 2. The lowest BCUT2D eigenvalue weighted by atomic mass is 10.0. The molecule has 4 rings (SSSR count). The number of hydrogen-bond donors (Lipinski definition) is 0. The molecule has 0 aliphatic heterocycles. The van der Waals surface area contributed by atoms with E-state index in [0.29, 0.717) is 23.4 Å². The minimum atomic E-state index is -0.310. The minimum Gasteiger partial charge on any atom is -0.292 e. The number of hydrogen-bond acceptors (Lipinski definition) is 3. The van der Waals surface area contributed by atoms with Crippen LogP contribution in [0.4, 0.5) is 4.39 Å². The van der Waals surface area contributed by atoms with Crippen LogP contribution in [0.2, 0.25) is 5.02 Å². The van der Waals surface area contributed by atoms with E-state index in [2.05, 4.69) is 6.92 Å². The Morgan fingerprint density at radius 2 is 1.93 bits per heavy atom. The third-order valence-corrected chi connectivity index (χ3v) is 6.15. The standard InChI is InChI=1S/C23H20ClFN2OS/c1-3-5-19-26-22-21(20(14(2)29-22)16-8-10-17(24)11-9-16)23(28)27(19)13-15-6-4-7-18(25)12-15/h4,6-12H,3,5,13H2,1-2H3. The number of aryl methyl sites for hydroxylation is 2. The summed E-state index contributed by atoms with van der Waals surface area (Å²) in [6, 6.07) is 13.9. The third-order valence-electron chi connectivity index (χ3n) is 4.90. The molecule has 0 bridgehead atoms. The van der Waals surface area contributed by atoms with Crippen LogP contribution in [0.3, 0.4) is 0 Å². The normalized spacial score (nSPS) is 11.3. The maximum absolute atomic E-state index is 13.7. The predicted molar refractivity (Wildman–Crippen MR) is 119 cm³/mol. The zero-order valence-electron chi connectivity index (χ0n) is 16.2. The second-order valence-corrected chi connectivity index (χ2v) is 8.66. The number of aromatic nitrogens is 2. The van der Waals surface area contributed by atoms with E-state index < -0.39 is 0 Å². The molecule has 0 fully saturated rings. The van der Waals surface area contributed by atoms with Gasteiger partial charge in [-0.15, -0.1) is 11.3 Å². The SMILES string of the molecule is CCCc1nc2sc(C)c(-c3ccc(Cl)cc3)c2c(=O)n1Cc1cccc(F)c1. The first-order valence-electron chi connectivity index (χ1n) is 9.51. The summed E-state index contributed by atoms with van der Waals surface area (Å²) in [5.41, 5.74) is 2.50. The van der Waals surface area contributed by atoms with Crippen molar-refractivity contribution in [2.45, 2.75) is 33.2 Å². The molecule has 0 saturated carbocycles. The fourth-order valence-electron chi connectivity index (χ4n) is 3.60. The topological polar surface area (TPSA) is 34.9 Å². The summed E-state index contributed by atoms with van der Waals surface area (Å²) in [6.45, 7) is 4.36. The Balaban J connectivity index is 1.95. The molecule has 0 amide bonds. The van der Waals surface area contributed by atoms with Crippen LogP contribution < -0.4 is 5.56 Å². The number of fused-ring (bicyclic) bond motifs is 1. The highest BCUT2D eigenvalue weighted by Gasteiger charge is 2.19. The second-order valence-electron chi connectivity index (χ2n) is 7.02. The van der Waals surface area contributed by atoms with Crippen molar-refractivity contribution in [3.63, 3.8) is 0 Å². The van der Waals surface area contributed by atoms with Gasteiger partial charge in [-0.2, -0.15) is 0 Å². The quantitative estimate of drug-likeness (QED) is 0.379. The molecule has 0 aliphatic carbocycles. The van der Waals surface area contributed by atoms with Crippen molar-refractivity contribution in [3.8, 4) is 11.1 Å². The summed E-state index contributed by atoms with van der Waals surface area (Å²) in [5, 5.41) is 1.27. The molecule has 0 unspecified atom stereocenters. The maximum atomic E-state index is 13.7. The number of thiophene rings is 1. The van der Waals surface area contributed by atoms with Gasteiger partial charge in [-0.05, 0) is 48.7 Å². The predicted octanol–water partition coefficient (Wildman–Crippen LogP) is 6.23. The van der Waals surface area contributed by atoms with Crippen LogP contribution in [0.1, 0.15) is 29.6 Å². The molecule has 2 aromatic heterocycles. The Morgan fingerprint density at radius 1 is 1.17 bits per heavy atom. The molecule has 6 heteroatoms. The Hall–Kier alpha value is -2.50. The van der Waals surface area contributed by atoms with Crippen LogP contribution in [0, 0.1) is 12.7 Å². The summed E-state index contributed by atoms with van der Waals surface area (Å²) in [6.07, 6.45) is 1.56. The van der Waals surface area contributed by atoms with Gasteiger partial charge in [0.05, 0.1) is 11.9 Å². The van der Waals surface area contributed by atoms with Gasteiger partial charge in [0.15, 0.2) is 0 Å². The van der Waals surface area contributed by atoms with Crippen molar-refractivity contribution in [3.05, 3.63) is 86.0 Å². The molecular weight excluding hydrogens is 407 g/mol. The molecule has 0 aliphatic rings. The summed E-state index contributed by atoms with van der Waals surface area (Å²) >= 11 is 7.57. The molecule has 0 atom stereocenters. The highest BCUT2D eigenvalue weighted by atomic mass is 35.5. The average Bonchev–Trinajstić information content (AvgIpc) is 3.02. The largest absolute Gasteiger partial charge is 0.292 e. The smallest absolute Gasteiger partial charge is 0.263 e. The average molecular weight is 427 g/mol. The van der Waals surface area contributed by atoms with Gasteiger partial charge in [-0.3, -0.25) is 9.36 Å². The summed E-state index contributed by atoms with van der Waals surface area (Å²) in [4.78, 5) is 20.2. The molecule has 3 nitrogen and oxygen atoms in total. The third kappa shape index (κ3) is 3.85. The van der Waals surface area contributed by atoms with E-state index in [1.165, 1.54) is 23.5 Å². The Labute approximate surface area is 177 Å². The van der Waals surface area contributed by atoms with Gasteiger partial charge in [0.1, 0.15) is 16.5 Å². The highest BCUT2D eigenvalue weighted by molar-refractivity contribution is 7.19. The van der Waals surface area contributed by atoms with E-state index in [1.807, 2.05) is 37.3 Å². The zero-order chi connectivity index (χ0) is 20.5. The second kappa shape index (κ2) is 8.09. The fraction of sp³-hybridized carbons (Fsp3) is 0.217. The summed E-state index contributed by atoms with van der Waals surface area (Å²) < 4.78 is 15.4. The minimum absolute atomic E-state index is 0.0861. The molecule has 0 saturated heterocycles. The molecule has 0 radical (unpaired) electrons. The van der Waals surface area contributed by atoms with Gasteiger partial charge in [0.2, 0.25) is 0 Å². The van der Waals surface area contributed by atoms with E-state index in [-0.39, 0.29) is 11.4 Å². The van der Waals surface area contributed by atoms with Gasteiger partial charge in [-0.1, -0.05) is 42.8 Å². The van der Waals surface area contributed by atoms with E-state index >= 15 is 0 Å². The van der Waals surface area contributed by atoms with Crippen molar-refractivity contribution in [1.29, 1.82) is 0 Å². The Kier molecular flexibility index (Phi) is 5.52. The first kappa shape index (κ1) is 19.8. The van der Waals surface area contributed by atoms with Gasteiger partial charge in [0.25, 0.3) is 5.56 Å². The summed E-state index contributed by atoms with van der Waals surface area (Å²) in [7, 11) is 0. The lowest BCUT2D eigenvalue weighted by molar-refractivity contribution is 0.618. The van der Waals surface area contributed by atoms with Crippen LogP contribution in [-0.4, -0.2) is 9.55 Å². The molecule has 29 heavy (non-hydrogen) atoms. The van der Waals surface area contributed by atoms with E-state index in [9.17, 15) is 9.18 Å². The van der Waals surface area contributed by atoms with E-state index in [4.69, 9.17) is 16.6 Å². The van der Waals surface area contributed by atoms with Crippen molar-refractivity contribution in [2.75, 3.05) is 0 Å². The molecule has 4 aromatic rings. The first-order chi connectivity index (χ1) is 14.0. The molecule has 0 N–H and O–H groups in total. The molecule has 2 heterocycles. The molecular formula is C23H20ClFN2OS. The first-order valence-corrected chi connectivity index (χ1v) is 10.7. The Morgan fingerprint density at radius 3 is 2.62 bits per heavy atom. The van der Waals surface area contributed by atoms with Crippen LogP contribution in [-0.2, 0) is 13.0 Å². The van der Waals surface area contributed by atoms with Crippen LogP contribution in [0.25, 0.3) is 21.3 Å². The lowest BCUT2D eigenvalue weighted by Crippen LogP contribution is -2.26. The van der Waals surface area contributed by atoms with Crippen molar-refractivity contribution in [2.24, 2.45) is 0 Å². The molecule has 0 spiro atoms. The van der Waals surface area contributed by atoms with Crippen molar-refractivity contribution in [1.82, 2.24) is 9.55 Å². The molecule has 2 aromatic carbocycles. The number of rotatable bonds is 5. The van der Waals surface area contributed by atoms with Gasteiger partial charge in [-0.25, -0.2) is 9.37 Å². The highest BCUT2D eigenvalue weighted by Crippen LogP contribution is 2.36. The van der Waals surface area contributed by atoms with Crippen LogP contribution in [0.15, 0.2) is 53.3 Å². The monoisotopic (exact) mass is 426 g/mol. The van der Waals surface area contributed by atoms with Gasteiger partial charge in [0, 0.05) is 21.9 Å². The van der Waals surface area contributed by atoms with Crippen molar-refractivity contribution < 1.29 is 4.39 Å². The van der Waals surface area contributed by atoms with Crippen molar-refractivity contribution >= 4 is 33.2 Å².